The standard InChI is InChI=1S/C37H40BrI2N9O6S/c38-26-18-42-36(47-32(26)45-28-6-1-3-21-17-41-34(52)31(21)28)44-23-11-15-48(16-12-23)56(54,55)37(40-20-39)13-9-22(10-14-37)43-27-5-2-4-24-25(27)19-49(35(24)53)29-7-8-30(50)46-33(29)51/h1-6,18,20,22-23,29,43H,7-17,19H2,(H,41,52)(H,46,50,51)(H2,42,44,45,47). The Balaban J connectivity index is 0.885. The largest absolute Gasteiger partial charge is 0.382 e. The van der Waals surface area contributed by atoms with Crippen molar-refractivity contribution < 1.29 is 27.6 Å². The highest BCUT2D eigenvalue weighted by Gasteiger charge is 2.49. The molecule has 4 amide bonds. The van der Waals surface area contributed by atoms with Crippen LogP contribution in [-0.2, 0) is 32.7 Å². The predicted molar refractivity (Wildman–Crippen MR) is 233 cm³/mol. The number of hydrogen-bond donors (Lipinski definition) is 5. The van der Waals surface area contributed by atoms with Crippen LogP contribution in [0.1, 0.15) is 83.2 Å². The third kappa shape index (κ3) is 7.57. The minimum Gasteiger partial charge on any atom is -0.382 e. The van der Waals surface area contributed by atoms with Crippen molar-refractivity contribution in [3.63, 3.8) is 0 Å². The number of nitrogens with zero attached hydrogens (tertiary/aromatic N) is 4. The van der Waals surface area contributed by atoms with Gasteiger partial charge in [-0.05, 0) is 107 Å². The molecule has 0 bridgehead atoms. The van der Waals surface area contributed by atoms with Crippen LogP contribution in [-0.4, -0.2) is 87.2 Å². The molecule has 1 atom stereocenters. The van der Waals surface area contributed by atoms with Crippen molar-refractivity contribution in [1.82, 2.24) is 29.8 Å². The Bertz CT molecular complexity index is 2250. The average molecular weight is 1070 g/mol. The summed E-state index contributed by atoms with van der Waals surface area (Å²) in [5.41, 5.74) is 4.37. The number of hydrogen-bond acceptors (Lipinski definition) is 11. The molecular formula is C37H40BrI2N9O6S. The Kier molecular flexibility index (Phi) is 11.4. The summed E-state index contributed by atoms with van der Waals surface area (Å²) < 4.78 is 32.6. The van der Waals surface area contributed by atoms with E-state index in [2.05, 4.69) is 75.1 Å². The van der Waals surface area contributed by atoms with E-state index in [0.29, 0.717) is 97.6 Å². The molecule has 1 aromatic heterocycles. The Hall–Kier alpha value is -3.28. The second-order valence-corrected chi connectivity index (χ2v) is 24.7. The highest BCUT2D eigenvalue weighted by Crippen LogP contribution is 2.47. The molecule has 5 N–H and O–H groups in total. The Morgan fingerprint density at radius 1 is 0.964 bits per heavy atom. The fraction of sp³-hybridized carbons (Fsp3) is 0.432. The van der Waals surface area contributed by atoms with Crippen LogP contribution in [0.4, 0.5) is 23.1 Å². The third-order valence-electron chi connectivity index (χ3n) is 11.3. The molecule has 4 aliphatic heterocycles. The van der Waals surface area contributed by atoms with E-state index >= 15 is 0 Å². The van der Waals surface area contributed by atoms with Crippen molar-refractivity contribution in [1.29, 1.82) is 0 Å². The van der Waals surface area contributed by atoms with Crippen molar-refractivity contribution >= 4 is 118 Å². The van der Waals surface area contributed by atoms with Crippen molar-refractivity contribution in [2.75, 3.05) is 29.0 Å². The van der Waals surface area contributed by atoms with Crippen LogP contribution in [0.2, 0.25) is 0 Å². The summed E-state index contributed by atoms with van der Waals surface area (Å²) in [6.45, 7) is 1.56. The minimum absolute atomic E-state index is 0.0191. The SMILES string of the molecule is O=C1CCC(N2Cc3c(NC4CCC(I=CI)(S(=O)(=O)N5CCC(Nc6ncc(Br)c(Nc7cccc8c7C(=O)NC8)n6)CC5)CC4)cccc3C2=O)C(=O)N1. The first-order chi connectivity index (χ1) is 27.0. The average Bonchev–Trinajstić information content (AvgIpc) is 3.74. The summed E-state index contributed by atoms with van der Waals surface area (Å²) in [5.74, 6) is -0.185. The van der Waals surface area contributed by atoms with Crippen molar-refractivity contribution in [3.8, 4) is 0 Å². The Labute approximate surface area is 356 Å². The van der Waals surface area contributed by atoms with Gasteiger partial charge in [0.25, 0.3) is 11.8 Å². The zero-order valence-electron chi connectivity index (χ0n) is 30.1. The number of aromatic nitrogens is 2. The first-order valence-corrected chi connectivity index (χ1v) is 24.3. The van der Waals surface area contributed by atoms with E-state index in [0.717, 1.165) is 16.8 Å². The number of carbonyl (C=O) groups excluding carboxylic acids is 4. The molecule has 0 spiro atoms. The lowest BCUT2D eigenvalue weighted by Crippen LogP contribution is -2.52. The molecule has 3 fully saturated rings. The van der Waals surface area contributed by atoms with Gasteiger partial charge in [-0.15, -0.1) is 0 Å². The molecule has 1 aliphatic carbocycles. The molecule has 0 radical (unpaired) electrons. The molecule has 56 heavy (non-hydrogen) atoms. The van der Waals surface area contributed by atoms with Crippen LogP contribution in [0.15, 0.2) is 47.1 Å². The van der Waals surface area contributed by atoms with E-state index in [4.69, 9.17) is 0 Å². The van der Waals surface area contributed by atoms with Crippen molar-refractivity contribution in [2.24, 2.45) is 0 Å². The second kappa shape index (κ2) is 16.2. The van der Waals surface area contributed by atoms with E-state index in [1.54, 1.807) is 21.5 Å². The molecule has 5 aliphatic rings. The van der Waals surface area contributed by atoms with E-state index in [-0.39, 0.29) is 42.8 Å². The van der Waals surface area contributed by atoms with Crippen LogP contribution in [0.3, 0.4) is 0 Å². The van der Waals surface area contributed by atoms with Gasteiger partial charge in [0.1, 0.15) is 14.6 Å². The van der Waals surface area contributed by atoms with Gasteiger partial charge in [-0.25, -0.2) is 17.7 Å². The lowest BCUT2D eigenvalue weighted by Gasteiger charge is -2.42. The maximum atomic E-state index is 14.5. The third-order valence-corrected chi connectivity index (χ3v) is 20.6. The van der Waals surface area contributed by atoms with Crippen molar-refractivity contribution in [3.05, 3.63) is 69.3 Å². The molecule has 19 heteroatoms. The molecule has 5 heterocycles. The first-order valence-electron chi connectivity index (χ1n) is 18.5. The fourth-order valence-electron chi connectivity index (χ4n) is 8.32. The summed E-state index contributed by atoms with van der Waals surface area (Å²) >= 11 is 4.95. The van der Waals surface area contributed by atoms with Crippen molar-refractivity contribution in [2.45, 2.75) is 85.3 Å². The molecule has 2 saturated heterocycles. The van der Waals surface area contributed by atoms with Gasteiger partial charge in [-0.3, -0.25) is 24.5 Å². The van der Waals surface area contributed by atoms with E-state index < -0.39 is 45.5 Å². The lowest BCUT2D eigenvalue weighted by atomic mass is 9.94. The van der Waals surface area contributed by atoms with Gasteiger partial charge in [0.15, 0.2) is 0 Å². The zero-order valence-corrected chi connectivity index (χ0v) is 36.8. The number of sulfonamides is 1. The maximum Gasteiger partial charge on any atom is 0.255 e. The minimum atomic E-state index is -3.61. The first kappa shape index (κ1) is 39.5. The number of anilines is 4. The number of halogens is 3. The second-order valence-electron chi connectivity index (χ2n) is 14.6. The molecule has 2 aromatic carbocycles. The lowest BCUT2D eigenvalue weighted by molar-refractivity contribution is -0.136. The van der Waals surface area contributed by atoms with E-state index in [9.17, 15) is 27.6 Å². The summed E-state index contributed by atoms with van der Waals surface area (Å²) in [6.07, 6.45) is 5.79. The number of benzene rings is 2. The zero-order chi connectivity index (χ0) is 39.2. The number of nitrogens with one attached hydrogen (secondary N) is 5. The molecule has 8 rings (SSSR count). The van der Waals surface area contributed by atoms with Gasteiger partial charge in [0.05, 0.1) is 15.7 Å². The molecule has 296 valence electrons. The number of fused-ring (bicyclic) bond motifs is 2. The van der Waals surface area contributed by atoms with Gasteiger partial charge >= 0.3 is 0 Å². The van der Waals surface area contributed by atoms with Gasteiger partial charge < -0.3 is 26.2 Å². The topological polar surface area (TPSA) is 195 Å². The van der Waals surface area contributed by atoms with Gasteiger partial charge in [0, 0.05) is 69.7 Å². The number of carbonyl (C=O) groups is 4. The van der Waals surface area contributed by atoms with E-state index in [1.165, 1.54) is 0 Å². The van der Waals surface area contributed by atoms with Crippen LogP contribution >= 0.6 is 59.3 Å². The van der Waals surface area contributed by atoms with Crippen LogP contribution in [0, 0.1) is 0 Å². The number of piperidine rings is 2. The normalized spacial score (nSPS) is 24.6. The van der Waals surface area contributed by atoms with Crippen LogP contribution < -0.4 is 26.6 Å². The monoisotopic (exact) mass is 1070 g/mol. The quantitative estimate of drug-likeness (QED) is 0.103. The predicted octanol–water partition coefficient (Wildman–Crippen LogP) is 5.11. The van der Waals surface area contributed by atoms with E-state index in [1.807, 2.05) is 32.4 Å². The Morgan fingerprint density at radius 2 is 1.70 bits per heavy atom. The van der Waals surface area contributed by atoms with Crippen LogP contribution in [0.25, 0.3) is 0 Å². The van der Waals surface area contributed by atoms with Gasteiger partial charge in [-0.1, -0.05) is 38.9 Å². The maximum absolute atomic E-state index is 14.5. The van der Waals surface area contributed by atoms with Gasteiger partial charge in [0.2, 0.25) is 27.8 Å². The number of amides is 4. The summed E-state index contributed by atoms with van der Waals surface area (Å²) in [6, 6.07) is 10.5. The van der Waals surface area contributed by atoms with Gasteiger partial charge in [-0.2, -0.15) is 4.98 Å². The smallest absolute Gasteiger partial charge is 0.255 e. The highest BCUT2D eigenvalue weighted by molar-refractivity contribution is 14.2. The summed E-state index contributed by atoms with van der Waals surface area (Å²) in [4.78, 5) is 60.8. The molecular weight excluding hydrogens is 1030 g/mol. The summed E-state index contributed by atoms with van der Waals surface area (Å²) in [5, 5.41) is 15.5. The Morgan fingerprint density at radius 3 is 2.45 bits per heavy atom. The van der Waals surface area contributed by atoms with Crippen LogP contribution in [0.5, 0.6) is 0 Å². The molecule has 3 aromatic rings. The number of imide groups is 1. The fourth-order valence-corrected chi connectivity index (χ4v) is 18.5. The number of alkyl halides is 1. The highest BCUT2D eigenvalue weighted by atomic mass is 127. The molecule has 1 unspecified atom stereocenters. The molecule has 15 nitrogen and oxygen atoms in total. The summed E-state index contributed by atoms with van der Waals surface area (Å²) in [7, 11) is -3.61. The molecule has 1 saturated carbocycles. The number of rotatable bonds is 10.